The predicted molar refractivity (Wildman–Crippen MR) is 81.8 cm³/mol. The van der Waals surface area contributed by atoms with Crippen LogP contribution in [0.2, 0.25) is 0 Å². The molecule has 1 N–H and O–H groups in total. The van der Waals surface area contributed by atoms with E-state index in [-0.39, 0.29) is 11.8 Å². The summed E-state index contributed by atoms with van der Waals surface area (Å²) in [6.45, 7) is 7.65. The Bertz CT molecular complexity index is 484. The van der Waals surface area contributed by atoms with Crippen molar-refractivity contribution >= 4 is 5.78 Å². The van der Waals surface area contributed by atoms with Crippen LogP contribution in [0, 0.1) is 0 Å². The minimum Gasteiger partial charge on any atom is -0.490 e. The SMILES string of the molecule is CCOc1cc(C(=O)C2CCON2)cc(OCC)c1OCC. The first kappa shape index (κ1) is 16.6. The second-order valence-electron chi connectivity index (χ2n) is 4.77. The Morgan fingerprint density at radius 2 is 1.73 bits per heavy atom. The average Bonchev–Trinajstić information content (AvgIpc) is 3.04. The number of carbonyl (C=O) groups is 1. The Kier molecular flexibility index (Phi) is 6.03. The normalized spacial score (nSPS) is 17.3. The van der Waals surface area contributed by atoms with Crippen molar-refractivity contribution in [3.8, 4) is 17.2 Å². The number of Topliss-reactive ketones (excluding diaryl/α,β-unsaturated/α-hetero) is 1. The predicted octanol–water partition coefficient (Wildman–Crippen LogP) is 2.36. The molecule has 0 bridgehead atoms. The summed E-state index contributed by atoms with van der Waals surface area (Å²) in [6, 6.07) is 3.08. The summed E-state index contributed by atoms with van der Waals surface area (Å²) < 4.78 is 16.9. The molecular weight excluding hydrogens is 286 g/mol. The zero-order valence-corrected chi connectivity index (χ0v) is 13.3. The van der Waals surface area contributed by atoms with Crippen LogP contribution in [0.4, 0.5) is 0 Å². The molecule has 122 valence electrons. The van der Waals surface area contributed by atoms with Crippen molar-refractivity contribution in [1.29, 1.82) is 0 Å². The number of hydroxylamine groups is 1. The van der Waals surface area contributed by atoms with Crippen LogP contribution in [-0.2, 0) is 4.84 Å². The van der Waals surface area contributed by atoms with E-state index in [2.05, 4.69) is 5.48 Å². The molecule has 22 heavy (non-hydrogen) atoms. The van der Waals surface area contributed by atoms with E-state index < -0.39 is 0 Å². The van der Waals surface area contributed by atoms with Crippen molar-refractivity contribution in [2.75, 3.05) is 26.4 Å². The topological polar surface area (TPSA) is 66.0 Å². The summed E-state index contributed by atoms with van der Waals surface area (Å²) in [5, 5.41) is 0. The smallest absolute Gasteiger partial charge is 0.203 e. The van der Waals surface area contributed by atoms with Gasteiger partial charge in [0.15, 0.2) is 17.3 Å². The first-order valence-corrected chi connectivity index (χ1v) is 7.69. The summed E-state index contributed by atoms with van der Waals surface area (Å²) in [6.07, 6.45) is 0.653. The first-order valence-electron chi connectivity index (χ1n) is 7.69. The van der Waals surface area contributed by atoms with Crippen molar-refractivity contribution in [2.45, 2.75) is 33.2 Å². The fourth-order valence-electron chi connectivity index (χ4n) is 2.31. The maximum atomic E-state index is 12.5. The number of benzene rings is 1. The molecule has 0 aromatic heterocycles. The maximum Gasteiger partial charge on any atom is 0.203 e. The van der Waals surface area contributed by atoms with Crippen molar-refractivity contribution < 1.29 is 23.8 Å². The van der Waals surface area contributed by atoms with Gasteiger partial charge in [0.25, 0.3) is 0 Å². The van der Waals surface area contributed by atoms with Crippen molar-refractivity contribution in [3.05, 3.63) is 17.7 Å². The van der Waals surface area contributed by atoms with E-state index in [1.54, 1.807) is 12.1 Å². The average molecular weight is 309 g/mol. The molecular formula is C16H23NO5. The maximum absolute atomic E-state index is 12.5. The second-order valence-corrected chi connectivity index (χ2v) is 4.77. The van der Waals surface area contributed by atoms with E-state index in [0.29, 0.717) is 55.7 Å². The Morgan fingerprint density at radius 1 is 1.14 bits per heavy atom. The van der Waals surface area contributed by atoms with Crippen LogP contribution >= 0.6 is 0 Å². The fraction of sp³-hybridized carbons (Fsp3) is 0.562. The number of ether oxygens (including phenoxy) is 3. The van der Waals surface area contributed by atoms with Gasteiger partial charge in [-0.3, -0.25) is 4.79 Å². The molecule has 0 aliphatic carbocycles. The largest absolute Gasteiger partial charge is 0.490 e. The third kappa shape index (κ3) is 3.69. The Labute approximate surface area is 130 Å². The lowest BCUT2D eigenvalue weighted by Gasteiger charge is -2.17. The van der Waals surface area contributed by atoms with E-state index in [1.807, 2.05) is 20.8 Å². The lowest BCUT2D eigenvalue weighted by Crippen LogP contribution is -2.30. The zero-order valence-electron chi connectivity index (χ0n) is 13.3. The van der Waals surface area contributed by atoms with Crippen LogP contribution in [0.15, 0.2) is 12.1 Å². The van der Waals surface area contributed by atoms with E-state index in [9.17, 15) is 4.79 Å². The van der Waals surface area contributed by atoms with Crippen LogP contribution in [0.1, 0.15) is 37.6 Å². The third-order valence-corrected chi connectivity index (χ3v) is 3.24. The quantitative estimate of drug-likeness (QED) is 0.744. The second kappa shape index (κ2) is 8.00. The van der Waals surface area contributed by atoms with Gasteiger partial charge >= 0.3 is 0 Å². The van der Waals surface area contributed by atoms with Gasteiger partial charge in [0.05, 0.1) is 32.5 Å². The lowest BCUT2D eigenvalue weighted by molar-refractivity contribution is 0.0725. The zero-order chi connectivity index (χ0) is 15.9. The van der Waals surface area contributed by atoms with Gasteiger partial charge < -0.3 is 19.0 Å². The van der Waals surface area contributed by atoms with Crippen LogP contribution in [0.3, 0.4) is 0 Å². The van der Waals surface area contributed by atoms with Crippen LogP contribution in [-0.4, -0.2) is 38.3 Å². The molecule has 1 aromatic rings. The summed E-state index contributed by atoms with van der Waals surface area (Å²) >= 11 is 0. The fourth-order valence-corrected chi connectivity index (χ4v) is 2.31. The number of rotatable bonds is 8. The Morgan fingerprint density at radius 3 is 2.18 bits per heavy atom. The Balaban J connectivity index is 2.38. The van der Waals surface area contributed by atoms with E-state index in [0.717, 1.165) is 0 Å². The van der Waals surface area contributed by atoms with Gasteiger partial charge in [-0.15, -0.1) is 0 Å². The minimum absolute atomic E-state index is 0.0394. The number of ketones is 1. The highest BCUT2D eigenvalue weighted by molar-refractivity contribution is 6.01. The highest BCUT2D eigenvalue weighted by atomic mass is 16.7. The molecule has 6 nitrogen and oxygen atoms in total. The molecule has 1 fully saturated rings. The monoisotopic (exact) mass is 309 g/mol. The molecule has 1 saturated heterocycles. The van der Waals surface area contributed by atoms with Gasteiger partial charge in [-0.25, -0.2) is 0 Å². The molecule has 0 amide bonds. The third-order valence-electron chi connectivity index (χ3n) is 3.24. The molecule has 0 saturated carbocycles. The lowest BCUT2D eigenvalue weighted by atomic mass is 10.0. The summed E-state index contributed by atoms with van der Waals surface area (Å²) in [5.74, 6) is 1.55. The number of hydrogen-bond acceptors (Lipinski definition) is 6. The highest BCUT2D eigenvalue weighted by Gasteiger charge is 2.27. The molecule has 2 rings (SSSR count). The van der Waals surface area contributed by atoms with Crippen molar-refractivity contribution in [1.82, 2.24) is 5.48 Å². The molecule has 1 aliphatic heterocycles. The van der Waals surface area contributed by atoms with Crippen LogP contribution in [0.5, 0.6) is 17.2 Å². The molecule has 1 aliphatic rings. The standard InChI is InChI=1S/C16H23NO5/c1-4-19-13-9-11(15(18)12-7-8-22-17-12)10-14(20-5-2)16(13)21-6-3/h9-10,12,17H,4-8H2,1-3H3. The first-order chi connectivity index (χ1) is 10.7. The van der Waals surface area contributed by atoms with Crippen LogP contribution < -0.4 is 19.7 Å². The number of nitrogens with one attached hydrogen (secondary N) is 1. The van der Waals surface area contributed by atoms with Crippen LogP contribution in [0.25, 0.3) is 0 Å². The molecule has 1 heterocycles. The number of hydrogen-bond donors (Lipinski definition) is 1. The van der Waals surface area contributed by atoms with E-state index >= 15 is 0 Å². The molecule has 1 aromatic carbocycles. The van der Waals surface area contributed by atoms with Crippen molar-refractivity contribution in [2.24, 2.45) is 0 Å². The molecule has 6 heteroatoms. The van der Waals surface area contributed by atoms with Gasteiger partial charge in [0.1, 0.15) is 0 Å². The summed E-state index contributed by atoms with van der Waals surface area (Å²) in [5.41, 5.74) is 3.26. The number of carbonyl (C=O) groups excluding carboxylic acids is 1. The molecule has 1 atom stereocenters. The van der Waals surface area contributed by atoms with Gasteiger partial charge in [-0.2, -0.15) is 5.48 Å². The highest BCUT2D eigenvalue weighted by Crippen LogP contribution is 2.39. The van der Waals surface area contributed by atoms with Crippen molar-refractivity contribution in [3.63, 3.8) is 0 Å². The summed E-state index contributed by atoms with van der Waals surface area (Å²) in [7, 11) is 0. The molecule has 0 radical (unpaired) electrons. The minimum atomic E-state index is -0.332. The molecule has 0 spiro atoms. The van der Waals surface area contributed by atoms with Gasteiger partial charge in [0.2, 0.25) is 5.75 Å². The van der Waals surface area contributed by atoms with E-state index in [4.69, 9.17) is 19.0 Å². The van der Waals surface area contributed by atoms with E-state index in [1.165, 1.54) is 0 Å². The molecule has 1 unspecified atom stereocenters. The van der Waals surface area contributed by atoms with Gasteiger partial charge in [-0.1, -0.05) is 0 Å². The van der Waals surface area contributed by atoms with Gasteiger partial charge in [-0.05, 0) is 39.3 Å². The van der Waals surface area contributed by atoms with Gasteiger partial charge in [0, 0.05) is 5.56 Å². The Hall–Kier alpha value is -1.79. The summed E-state index contributed by atoms with van der Waals surface area (Å²) in [4.78, 5) is 17.6.